The highest BCUT2D eigenvalue weighted by molar-refractivity contribution is 7.99. The number of aromatic nitrogens is 5. The van der Waals surface area contributed by atoms with Crippen molar-refractivity contribution >= 4 is 17.7 Å². The maximum atomic E-state index is 14.1. The molecule has 0 saturated carbocycles. The third kappa shape index (κ3) is 3.09. The Hall–Kier alpha value is -2.68. The summed E-state index contributed by atoms with van der Waals surface area (Å²) in [5.74, 6) is 0.767. The molecule has 0 unspecified atom stereocenters. The Morgan fingerprint density at radius 1 is 1.25 bits per heavy atom. The van der Waals surface area contributed by atoms with Crippen LogP contribution in [-0.4, -0.2) is 47.6 Å². The normalized spacial score (nSPS) is 13.6. The summed E-state index contributed by atoms with van der Waals surface area (Å²) in [5, 5.41) is 14.0. The summed E-state index contributed by atoms with van der Waals surface area (Å²) in [6.07, 6.45) is 0.660. The Kier molecular flexibility index (Phi) is 4.92. The summed E-state index contributed by atoms with van der Waals surface area (Å²) >= 11 is 1.61. The Labute approximate surface area is 166 Å². The van der Waals surface area contributed by atoms with Crippen LogP contribution < -0.4 is 0 Å². The smallest absolute Gasteiger partial charge is 0.257 e. The van der Waals surface area contributed by atoms with Gasteiger partial charge < -0.3 is 9.47 Å². The van der Waals surface area contributed by atoms with Gasteiger partial charge in [0.05, 0.1) is 12.1 Å². The first-order valence-electron chi connectivity index (χ1n) is 9.12. The van der Waals surface area contributed by atoms with E-state index in [0.717, 1.165) is 27.9 Å². The SMILES string of the molecule is CCSc1nnc(-c2nn(C)c3c2CN(C(=O)c2ccccc2F)CC3)n1C. The molecular formula is C19H21FN6OS. The third-order valence-corrected chi connectivity index (χ3v) is 5.86. The molecule has 4 rings (SSSR count). The molecule has 0 spiro atoms. The van der Waals surface area contributed by atoms with E-state index in [4.69, 9.17) is 0 Å². The van der Waals surface area contributed by atoms with Crippen molar-refractivity contribution in [3.05, 3.63) is 46.9 Å². The predicted octanol–water partition coefficient (Wildman–Crippen LogP) is 2.67. The van der Waals surface area contributed by atoms with Crippen LogP contribution in [0.3, 0.4) is 0 Å². The quantitative estimate of drug-likeness (QED) is 0.630. The van der Waals surface area contributed by atoms with Crippen molar-refractivity contribution in [1.82, 2.24) is 29.4 Å². The number of carbonyl (C=O) groups excluding carboxylic acids is 1. The van der Waals surface area contributed by atoms with Crippen LogP contribution in [0.15, 0.2) is 29.4 Å². The van der Waals surface area contributed by atoms with Crippen LogP contribution >= 0.6 is 11.8 Å². The third-order valence-electron chi connectivity index (χ3n) is 4.95. The van der Waals surface area contributed by atoms with Crippen molar-refractivity contribution in [3.63, 3.8) is 0 Å². The van der Waals surface area contributed by atoms with Crippen molar-refractivity contribution in [3.8, 4) is 11.5 Å². The van der Waals surface area contributed by atoms with Crippen LogP contribution in [0.2, 0.25) is 0 Å². The largest absolute Gasteiger partial charge is 0.334 e. The molecule has 1 aliphatic heterocycles. The summed E-state index contributed by atoms with van der Waals surface area (Å²) < 4.78 is 17.8. The molecule has 0 bridgehead atoms. The van der Waals surface area contributed by atoms with Gasteiger partial charge in [-0.05, 0) is 17.9 Å². The number of halogens is 1. The number of amides is 1. The fourth-order valence-corrected chi connectivity index (χ4v) is 4.16. The lowest BCUT2D eigenvalue weighted by Crippen LogP contribution is -2.36. The highest BCUT2D eigenvalue weighted by Gasteiger charge is 2.30. The molecule has 2 aromatic heterocycles. The lowest BCUT2D eigenvalue weighted by Gasteiger charge is -2.27. The summed E-state index contributed by atoms with van der Waals surface area (Å²) in [6.45, 7) is 2.96. The minimum Gasteiger partial charge on any atom is -0.334 e. The molecule has 0 radical (unpaired) electrons. The van der Waals surface area contributed by atoms with Crippen LogP contribution in [-0.2, 0) is 27.1 Å². The molecule has 1 aliphatic rings. The fraction of sp³-hybridized carbons (Fsp3) is 0.368. The number of thioether (sulfide) groups is 1. The van der Waals surface area contributed by atoms with E-state index in [0.29, 0.717) is 25.3 Å². The van der Waals surface area contributed by atoms with Crippen LogP contribution in [0.4, 0.5) is 4.39 Å². The molecular weight excluding hydrogens is 379 g/mol. The minimum absolute atomic E-state index is 0.0941. The Balaban J connectivity index is 1.69. The van der Waals surface area contributed by atoms with Crippen molar-refractivity contribution in [2.24, 2.45) is 14.1 Å². The van der Waals surface area contributed by atoms with Gasteiger partial charge in [-0.1, -0.05) is 30.8 Å². The highest BCUT2D eigenvalue weighted by Crippen LogP contribution is 2.30. The molecule has 0 saturated heterocycles. The molecule has 9 heteroatoms. The highest BCUT2D eigenvalue weighted by atomic mass is 32.2. The van der Waals surface area contributed by atoms with Crippen molar-refractivity contribution in [2.45, 2.75) is 25.0 Å². The van der Waals surface area contributed by atoms with E-state index in [-0.39, 0.29) is 11.5 Å². The van der Waals surface area contributed by atoms with Gasteiger partial charge in [-0.15, -0.1) is 10.2 Å². The van der Waals surface area contributed by atoms with Crippen LogP contribution in [0.1, 0.15) is 28.5 Å². The zero-order valence-electron chi connectivity index (χ0n) is 16.0. The average molecular weight is 400 g/mol. The second kappa shape index (κ2) is 7.38. The lowest BCUT2D eigenvalue weighted by molar-refractivity contribution is 0.0729. The zero-order valence-corrected chi connectivity index (χ0v) is 16.8. The van der Waals surface area contributed by atoms with E-state index in [1.165, 1.54) is 12.1 Å². The van der Waals surface area contributed by atoms with Gasteiger partial charge in [0.25, 0.3) is 5.91 Å². The monoisotopic (exact) mass is 400 g/mol. The van der Waals surface area contributed by atoms with E-state index < -0.39 is 5.82 Å². The summed E-state index contributed by atoms with van der Waals surface area (Å²) in [5.41, 5.74) is 2.83. The van der Waals surface area contributed by atoms with E-state index in [2.05, 4.69) is 22.2 Å². The van der Waals surface area contributed by atoms with Gasteiger partial charge in [0.1, 0.15) is 11.5 Å². The number of carbonyl (C=O) groups is 1. The lowest BCUT2D eigenvalue weighted by atomic mass is 10.0. The maximum absolute atomic E-state index is 14.1. The summed E-state index contributed by atoms with van der Waals surface area (Å²) in [4.78, 5) is 14.5. The number of benzene rings is 1. The topological polar surface area (TPSA) is 68.8 Å². The molecule has 146 valence electrons. The first kappa shape index (κ1) is 18.7. The molecule has 3 heterocycles. The van der Waals surface area contributed by atoms with Gasteiger partial charge in [-0.3, -0.25) is 9.48 Å². The Bertz CT molecular complexity index is 1040. The van der Waals surface area contributed by atoms with Crippen LogP contribution in [0.25, 0.3) is 11.5 Å². The Morgan fingerprint density at radius 3 is 2.79 bits per heavy atom. The molecule has 3 aromatic rings. The van der Waals surface area contributed by atoms with E-state index in [1.807, 2.05) is 23.3 Å². The number of rotatable bonds is 4. The Morgan fingerprint density at radius 2 is 2.04 bits per heavy atom. The van der Waals surface area contributed by atoms with Crippen LogP contribution in [0.5, 0.6) is 0 Å². The molecule has 0 fully saturated rings. The van der Waals surface area contributed by atoms with Crippen molar-refractivity contribution in [2.75, 3.05) is 12.3 Å². The van der Waals surface area contributed by atoms with Gasteiger partial charge in [0, 0.05) is 38.3 Å². The van der Waals surface area contributed by atoms with E-state index >= 15 is 0 Å². The van der Waals surface area contributed by atoms with Crippen LogP contribution in [0, 0.1) is 5.82 Å². The first-order chi connectivity index (χ1) is 13.5. The van der Waals surface area contributed by atoms with E-state index in [9.17, 15) is 9.18 Å². The van der Waals surface area contributed by atoms with Gasteiger partial charge in [0.15, 0.2) is 11.0 Å². The number of aryl methyl sites for hydroxylation is 1. The molecule has 28 heavy (non-hydrogen) atoms. The first-order valence-corrected chi connectivity index (χ1v) is 10.1. The molecule has 1 amide bonds. The number of fused-ring (bicyclic) bond motifs is 1. The fourth-order valence-electron chi connectivity index (χ4n) is 3.53. The molecule has 0 aliphatic carbocycles. The van der Waals surface area contributed by atoms with Gasteiger partial charge in [-0.2, -0.15) is 5.10 Å². The maximum Gasteiger partial charge on any atom is 0.257 e. The zero-order chi connectivity index (χ0) is 19.8. The number of hydrogen-bond acceptors (Lipinski definition) is 5. The predicted molar refractivity (Wildman–Crippen MR) is 104 cm³/mol. The van der Waals surface area contributed by atoms with Gasteiger partial charge in [0.2, 0.25) is 0 Å². The number of nitrogens with zero attached hydrogens (tertiary/aromatic N) is 6. The van der Waals surface area contributed by atoms with Gasteiger partial charge >= 0.3 is 0 Å². The van der Waals surface area contributed by atoms with Crippen molar-refractivity contribution < 1.29 is 9.18 Å². The standard InChI is InChI=1S/C19H21FN6OS/c1-4-28-19-22-21-17(24(19)2)16-13-11-26(10-9-15(13)25(3)23-16)18(27)12-7-5-6-8-14(12)20/h5-8H,4,9-11H2,1-3H3. The van der Waals surface area contributed by atoms with Gasteiger partial charge in [-0.25, -0.2) is 4.39 Å². The average Bonchev–Trinajstić information content (AvgIpc) is 3.22. The summed E-state index contributed by atoms with van der Waals surface area (Å²) in [7, 11) is 3.81. The van der Waals surface area contributed by atoms with E-state index in [1.54, 1.807) is 28.8 Å². The second-order valence-electron chi connectivity index (χ2n) is 6.65. The molecule has 7 nitrogen and oxygen atoms in total. The minimum atomic E-state index is -0.501. The summed E-state index contributed by atoms with van der Waals surface area (Å²) in [6, 6.07) is 6.09. The molecule has 0 N–H and O–H groups in total. The number of hydrogen-bond donors (Lipinski definition) is 0. The molecule has 0 atom stereocenters. The molecule has 1 aromatic carbocycles. The second-order valence-corrected chi connectivity index (χ2v) is 7.88. The van der Waals surface area contributed by atoms with Crippen molar-refractivity contribution in [1.29, 1.82) is 0 Å².